The van der Waals surface area contributed by atoms with Crippen LogP contribution in [0, 0.1) is 19.7 Å². The Balaban J connectivity index is 1.72. The van der Waals surface area contributed by atoms with Crippen LogP contribution in [0.4, 0.5) is 4.39 Å². The predicted molar refractivity (Wildman–Crippen MR) is 100 cm³/mol. The van der Waals surface area contributed by atoms with Crippen molar-refractivity contribution in [1.29, 1.82) is 0 Å². The van der Waals surface area contributed by atoms with Crippen LogP contribution in [0.1, 0.15) is 11.3 Å². The fourth-order valence-electron chi connectivity index (χ4n) is 3.06. The van der Waals surface area contributed by atoms with Crippen molar-refractivity contribution in [3.63, 3.8) is 0 Å². The molecule has 0 bridgehead atoms. The van der Waals surface area contributed by atoms with Gasteiger partial charge in [0.25, 0.3) is 0 Å². The maximum Gasteiger partial charge on any atom is 0.247 e. The Morgan fingerprint density at radius 1 is 1.26 bits per heavy atom. The highest BCUT2D eigenvalue weighted by Crippen LogP contribution is 2.34. The Kier molecular flexibility index (Phi) is 4.41. The molecule has 8 heteroatoms. The van der Waals surface area contributed by atoms with Gasteiger partial charge in [-0.1, -0.05) is 0 Å². The lowest BCUT2D eigenvalue weighted by Crippen LogP contribution is -2.15. The smallest absolute Gasteiger partial charge is 0.247 e. The zero-order chi connectivity index (χ0) is 19.0. The van der Waals surface area contributed by atoms with Gasteiger partial charge < -0.3 is 19.8 Å². The number of H-pyrrole nitrogens is 1. The normalized spacial score (nSPS) is 11.4. The van der Waals surface area contributed by atoms with Gasteiger partial charge in [-0.05, 0) is 39.1 Å². The SMILES string of the molecule is CNCCOc1cn2ncnc(Oc3ccc4[nH]c(C)cc4c3F)c2c1C. The summed E-state index contributed by atoms with van der Waals surface area (Å²) < 4.78 is 28.1. The molecule has 140 valence electrons. The number of aromatic nitrogens is 4. The standard InChI is InChI=1S/C19H20FN5O2/c1-11-8-13-14(24-11)4-5-15(17(13)20)27-19-18-12(2)16(26-7-6-21-3)9-25(18)23-10-22-19/h4-5,8-10,21,24H,6-7H2,1-3H3. The molecule has 7 nitrogen and oxygen atoms in total. The number of halogens is 1. The van der Waals surface area contributed by atoms with Crippen LogP contribution in [0.25, 0.3) is 16.4 Å². The van der Waals surface area contributed by atoms with Crippen LogP contribution < -0.4 is 14.8 Å². The number of nitrogens with one attached hydrogen (secondary N) is 2. The van der Waals surface area contributed by atoms with Crippen molar-refractivity contribution in [2.24, 2.45) is 0 Å². The van der Waals surface area contributed by atoms with Crippen LogP contribution in [0.2, 0.25) is 0 Å². The number of aryl methyl sites for hydroxylation is 2. The molecule has 2 N–H and O–H groups in total. The zero-order valence-electron chi connectivity index (χ0n) is 15.3. The zero-order valence-corrected chi connectivity index (χ0v) is 15.3. The molecule has 0 radical (unpaired) electrons. The van der Waals surface area contributed by atoms with E-state index in [1.807, 2.05) is 20.9 Å². The van der Waals surface area contributed by atoms with Gasteiger partial charge in [0, 0.05) is 28.7 Å². The third kappa shape index (κ3) is 3.08. The summed E-state index contributed by atoms with van der Waals surface area (Å²) in [6, 6.07) is 5.13. The Morgan fingerprint density at radius 2 is 2.11 bits per heavy atom. The Morgan fingerprint density at radius 3 is 2.93 bits per heavy atom. The van der Waals surface area contributed by atoms with Crippen LogP contribution in [0.3, 0.4) is 0 Å². The Bertz CT molecular complexity index is 1120. The average Bonchev–Trinajstić information content (AvgIpc) is 3.19. The first kappa shape index (κ1) is 17.3. The van der Waals surface area contributed by atoms with Crippen LogP contribution in [-0.4, -0.2) is 39.8 Å². The van der Waals surface area contributed by atoms with E-state index in [0.29, 0.717) is 23.3 Å². The molecule has 4 aromatic rings. The van der Waals surface area contributed by atoms with E-state index in [1.54, 1.807) is 28.9 Å². The lowest BCUT2D eigenvalue weighted by molar-refractivity contribution is 0.316. The molecule has 1 aromatic carbocycles. The lowest BCUT2D eigenvalue weighted by Gasteiger charge is -2.08. The minimum absolute atomic E-state index is 0.111. The molecule has 0 aliphatic rings. The summed E-state index contributed by atoms with van der Waals surface area (Å²) in [7, 11) is 1.86. The second kappa shape index (κ2) is 6.88. The first-order chi connectivity index (χ1) is 13.1. The van der Waals surface area contributed by atoms with Gasteiger partial charge in [0.15, 0.2) is 11.6 Å². The largest absolute Gasteiger partial charge is 0.490 e. The van der Waals surface area contributed by atoms with Gasteiger partial charge in [-0.25, -0.2) is 8.91 Å². The van der Waals surface area contributed by atoms with Gasteiger partial charge in [-0.3, -0.25) is 0 Å². The first-order valence-corrected chi connectivity index (χ1v) is 8.64. The molecule has 0 saturated carbocycles. The summed E-state index contributed by atoms with van der Waals surface area (Å²) in [5, 5.41) is 7.71. The van der Waals surface area contributed by atoms with Crippen LogP contribution in [0.15, 0.2) is 30.7 Å². The summed E-state index contributed by atoms with van der Waals surface area (Å²) in [6.07, 6.45) is 3.14. The van der Waals surface area contributed by atoms with Crippen LogP contribution in [0.5, 0.6) is 17.4 Å². The topological polar surface area (TPSA) is 76.5 Å². The summed E-state index contributed by atoms with van der Waals surface area (Å²) in [6.45, 7) is 5.03. The molecule has 0 fully saturated rings. The van der Waals surface area contributed by atoms with Gasteiger partial charge >= 0.3 is 0 Å². The summed E-state index contributed by atoms with van der Waals surface area (Å²) >= 11 is 0. The molecule has 3 heterocycles. The fourth-order valence-corrected chi connectivity index (χ4v) is 3.06. The first-order valence-electron chi connectivity index (χ1n) is 8.64. The minimum atomic E-state index is -0.427. The second-order valence-electron chi connectivity index (χ2n) is 6.32. The minimum Gasteiger partial charge on any atom is -0.490 e. The van der Waals surface area contributed by atoms with E-state index >= 15 is 0 Å². The maximum atomic E-state index is 14.9. The fraction of sp³-hybridized carbons (Fsp3) is 0.263. The molecular formula is C19H20FN5O2. The van der Waals surface area contributed by atoms with Gasteiger partial charge in [-0.2, -0.15) is 10.1 Å². The number of nitrogens with zero attached hydrogens (tertiary/aromatic N) is 3. The molecule has 0 saturated heterocycles. The molecule has 0 spiro atoms. The quantitative estimate of drug-likeness (QED) is 0.510. The number of hydrogen-bond donors (Lipinski definition) is 2. The predicted octanol–water partition coefficient (Wildman–Crippen LogP) is 3.36. The van der Waals surface area contributed by atoms with E-state index < -0.39 is 5.82 Å². The molecule has 0 amide bonds. The van der Waals surface area contributed by atoms with E-state index in [2.05, 4.69) is 20.4 Å². The molecule has 0 atom stereocenters. The van der Waals surface area contributed by atoms with E-state index in [9.17, 15) is 4.39 Å². The van der Waals surface area contributed by atoms with Crippen LogP contribution in [-0.2, 0) is 0 Å². The van der Waals surface area contributed by atoms with E-state index in [1.165, 1.54) is 6.33 Å². The van der Waals surface area contributed by atoms with Crippen molar-refractivity contribution < 1.29 is 13.9 Å². The van der Waals surface area contributed by atoms with E-state index in [0.717, 1.165) is 23.3 Å². The molecule has 0 aliphatic heterocycles. The molecule has 4 rings (SSSR count). The average molecular weight is 369 g/mol. The summed E-state index contributed by atoms with van der Waals surface area (Å²) in [5.74, 6) is 0.646. The molecule has 3 aromatic heterocycles. The number of benzene rings is 1. The van der Waals surface area contributed by atoms with Crippen molar-refractivity contribution in [2.45, 2.75) is 13.8 Å². The Hall–Kier alpha value is -3.13. The van der Waals surface area contributed by atoms with Crippen molar-refractivity contribution in [1.82, 2.24) is 24.9 Å². The van der Waals surface area contributed by atoms with Crippen molar-refractivity contribution in [2.75, 3.05) is 20.2 Å². The molecule has 0 unspecified atom stereocenters. The number of hydrogen-bond acceptors (Lipinski definition) is 5. The third-order valence-corrected chi connectivity index (χ3v) is 4.40. The van der Waals surface area contributed by atoms with E-state index in [4.69, 9.17) is 9.47 Å². The highest BCUT2D eigenvalue weighted by Gasteiger charge is 2.18. The highest BCUT2D eigenvalue weighted by molar-refractivity contribution is 5.83. The van der Waals surface area contributed by atoms with Gasteiger partial charge in [0.2, 0.25) is 5.88 Å². The number of rotatable bonds is 6. The van der Waals surface area contributed by atoms with Crippen molar-refractivity contribution in [3.05, 3.63) is 47.8 Å². The molecule has 0 aliphatic carbocycles. The Labute approximate surface area is 155 Å². The summed E-state index contributed by atoms with van der Waals surface area (Å²) in [4.78, 5) is 7.31. The van der Waals surface area contributed by atoms with Gasteiger partial charge in [-0.15, -0.1) is 0 Å². The second-order valence-corrected chi connectivity index (χ2v) is 6.32. The molecule has 27 heavy (non-hydrogen) atoms. The van der Waals surface area contributed by atoms with Crippen molar-refractivity contribution >= 4 is 16.4 Å². The monoisotopic (exact) mass is 369 g/mol. The lowest BCUT2D eigenvalue weighted by atomic mass is 10.2. The highest BCUT2D eigenvalue weighted by atomic mass is 19.1. The number of ether oxygens (including phenoxy) is 2. The van der Waals surface area contributed by atoms with Crippen molar-refractivity contribution in [3.8, 4) is 17.4 Å². The third-order valence-electron chi connectivity index (χ3n) is 4.40. The number of aromatic amines is 1. The number of likely N-dealkylation sites (N-methyl/N-ethyl adjacent to an activating group) is 1. The van der Waals surface area contributed by atoms with Crippen LogP contribution >= 0.6 is 0 Å². The maximum absolute atomic E-state index is 14.9. The molecular weight excluding hydrogens is 349 g/mol. The van der Waals surface area contributed by atoms with Gasteiger partial charge in [0.05, 0.1) is 6.20 Å². The van der Waals surface area contributed by atoms with Gasteiger partial charge in [0.1, 0.15) is 24.2 Å². The summed E-state index contributed by atoms with van der Waals surface area (Å²) in [5.41, 5.74) is 3.09. The number of fused-ring (bicyclic) bond motifs is 2. The van der Waals surface area contributed by atoms with E-state index in [-0.39, 0.29) is 11.6 Å².